The van der Waals surface area contributed by atoms with Gasteiger partial charge in [0.25, 0.3) is 5.91 Å². The second-order valence-electron chi connectivity index (χ2n) is 6.83. The number of rotatable bonds is 5. The van der Waals surface area contributed by atoms with Crippen LogP contribution in [0.2, 0.25) is 0 Å². The van der Waals surface area contributed by atoms with Gasteiger partial charge < -0.3 is 21.3 Å². The number of hydrogen-bond acceptors (Lipinski definition) is 5. The molecule has 2 heterocycles. The average molecular weight is 361 g/mol. The van der Waals surface area contributed by atoms with Crippen LogP contribution in [0.3, 0.4) is 0 Å². The first-order valence-corrected chi connectivity index (χ1v) is 8.86. The van der Waals surface area contributed by atoms with E-state index in [4.69, 9.17) is 5.73 Å². The highest BCUT2D eigenvalue weighted by atomic mass is 16.2. The topological polar surface area (TPSA) is 117 Å². The Morgan fingerprint density at radius 3 is 2.38 bits per heavy atom. The van der Waals surface area contributed by atoms with E-state index >= 15 is 0 Å². The molecule has 2 atom stereocenters. The summed E-state index contributed by atoms with van der Waals surface area (Å²) in [4.78, 5) is 41.2. The highest BCUT2D eigenvalue weighted by Gasteiger charge is 2.28. The average Bonchev–Trinajstić information content (AvgIpc) is 2.61. The fourth-order valence-electron chi connectivity index (χ4n) is 3.11. The lowest BCUT2D eigenvalue weighted by Gasteiger charge is -2.35. The molecule has 0 bridgehead atoms. The first-order valence-electron chi connectivity index (χ1n) is 8.86. The molecule has 1 aromatic heterocycles. The predicted molar refractivity (Wildman–Crippen MR) is 98.4 cm³/mol. The molecule has 1 fully saturated rings. The number of aromatic nitrogens is 1. The number of amides is 3. The second kappa shape index (κ2) is 8.75. The van der Waals surface area contributed by atoms with E-state index in [1.54, 1.807) is 24.0 Å². The number of nitrogens with two attached hydrogens (primary N) is 1. The van der Waals surface area contributed by atoms with Gasteiger partial charge in [-0.2, -0.15) is 0 Å². The van der Waals surface area contributed by atoms with E-state index in [1.165, 1.54) is 13.1 Å². The molecule has 4 N–H and O–H groups in total. The summed E-state index contributed by atoms with van der Waals surface area (Å²) in [7, 11) is 0. The van der Waals surface area contributed by atoms with Crippen LogP contribution in [0.5, 0.6) is 0 Å². The third-order valence-corrected chi connectivity index (χ3v) is 4.62. The molecule has 0 aromatic carbocycles. The molecule has 8 nitrogen and oxygen atoms in total. The Kier molecular flexibility index (Phi) is 6.68. The molecule has 26 heavy (non-hydrogen) atoms. The van der Waals surface area contributed by atoms with Crippen LogP contribution >= 0.6 is 0 Å². The third-order valence-electron chi connectivity index (χ3n) is 4.62. The van der Waals surface area contributed by atoms with Crippen LogP contribution < -0.4 is 16.4 Å². The molecule has 142 valence electrons. The van der Waals surface area contributed by atoms with Crippen molar-refractivity contribution in [1.29, 1.82) is 0 Å². The van der Waals surface area contributed by atoms with Crippen LogP contribution in [0, 0.1) is 5.92 Å². The molecular weight excluding hydrogens is 334 g/mol. The van der Waals surface area contributed by atoms with Crippen LogP contribution in [-0.4, -0.2) is 52.8 Å². The number of carbonyl (C=O) groups excluding carboxylic acids is 3. The van der Waals surface area contributed by atoms with Crippen molar-refractivity contribution in [2.24, 2.45) is 11.7 Å². The van der Waals surface area contributed by atoms with Gasteiger partial charge in [-0.15, -0.1) is 0 Å². The zero-order valence-electron chi connectivity index (χ0n) is 15.5. The number of nitrogens with zero attached hydrogens (tertiary/aromatic N) is 2. The van der Waals surface area contributed by atoms with Gasteiger partial charge in [0, 0.05) is 26.1 Å². The second-order valence-corrected chi connectivity index (χ2v) is 6.83. The Bertz CT molecular complexity index is 651. The number of pyridine rings is 1. The van der Waals surface area contributed by atoms with Gasteiger partial charge in [-0.25, -0.2) is 4.98 Å². The molecule has 1 saturated heterocycles. The molecule has 1 aliphatic heterocycles. The Morgan fingerprint density at radius 1 is 1.23 bits per heavy atom. The summed E-state index contributed by atoms with van der Waals surface area (Å²) >= 11 is 0. The standard InChI is InChI=1S/C18H27N5O3/c1-11(19)18(26)23-8-6-14(7-9-23)12(2)21-17(25)16-5-4-15(10-20-16)22-13(3)24/h4-5,10-12,14H,6-9,19H2,1-3H3,(H,21,25)(H,22,24)/t11-,12?/m0/s1. The highest BCUT2D eigenvalue weighted by Crippen LogP contribution is 2.21. The van der Waals surface area contributed by atoms with Crippen molar-refractivity contribution in [2.75, 3.05) is 18.4 Å². The molecule has 0 saturated carbocycles. The van der Waals surface area contributed by atoms with Gasteiger partial charge in [-0.3, -0.25) is 14.4 Å². The fourth-order valence-corrected chi connectivity index (χ4v) is 3.11. The van der Waals surface area contributed by atoms with Gasteiger partial charge in [0.15, 0.2) is 0 Å². The monoisotopic (exact) mass is 361 g/mol. The Morgan fingerprint density at radius 2 is 1.88 bits per heavy atom. The lowest BCUT2D eigenvalue weighted by Crippen LogP contribution is -2.49. The van der Waals surface area contributed by atoms with Gasteiger partial charge in [-0.1, -0.05) is 0 Å². The smallest absolute Gasteiger partial charge is 0.270 e. The molecule has 1 aromatic rings. The van der Waals surface area contributed by atoms with E-state index in [9.17, 15) is 14.4 Å². The number of likely N-dealkylation sites (tertiary alicyclic amines) is 1. The maximum atomic E-state index is 12.4. The largest absolute Gasteiger partial charge is 0.348 e. The summed E-state index contributed by atoms with van der Waals surface area (Å²) in [6.07, 6.45) is 3.11. The van der Waals surface area contributed by atoms with Gasteiger partial charge >= 0.3 is 0 Å². The van der Waals surface area contributed by atoms with Gasteiger partial charge in [-0.05, 0) is 44.7 Å². The molecule has 2 rings (SSSR count). The number of carbonyl (C=O) groups is 3. The summed E-state index contributed by atoms with van der Waals surface area (Å²) in [6, 6.07) is 2.73. The van der Waals surface area contributed by atoms with E-state index < -0.39 is 6.04 Å². The van der Waals surface area contributed by atoms with Crippen LogP contribution in [0.1, 0.15) is 44.1 Å². The molecule has 1 unspecified atom stereocenters. The van der Waals surface area contributed by atoms with Gasteiger partial charge in [0.1, 0.15) is 5.69 Å². The molecule has 0 aliphatic carbocycles. The first-order chi connectivity index (χ1) is 12.3. The molecule has 8 heteroatoms. The maximum absolute atomic E-state index is 12.4. The SMILES string of the molecule is CC(=O)Nc1ccc(C(=O)NC(C)C2CCN(C(=O)[C@H](C)N)CC2)nc1. The molecule has 3 amide bonds. The Labute approximate surface area is 153 Å². The van der Waals surface area contributed by atoms with Gasteiger partial charge in [0.05, 0.1) is 17.9 Å². The highest BCUT2D eigenvalue weighted by molar-refractivity contribution is 5.93. The Balaban J connectivity index is 1.85. The van der Waals surface area contributed by atoms with Crippen LogP contribution in [0.4, 0.5) is 5.69 Å². The quantitative estimate of drug-likeness (QED) is 0.715. The van der Waals surface area contributed by atoms with Crippen molar-refractivity contribution < 1.29 is 14.4 Å². The van der Waals surface area contributed by atoms with Crippen molar-refractivity contribution in [2.45, 2.75) is 45.7 Å². The van der Waals surface area contributed by atoms with Crippen LogP contribution in [0.15, 0.2) is 18.3 Å². The first kappa shape index (κ1) is 19.8. The zero-order valence-corrected chi connectivity index (χ0v) is 15.5. The fraction of sp³-hybridized carbons (Fsp3) is 0.556. The van der Waals surface area contributed by atoms with E-state index in [0.29, 0.717) is 30.4 Å². The maximum Gasteiger partial charge on any atom is 0.270 e. The van der Waals surface area contributed by atoms with E-state index in [1.807, 2.05) is 6.92 Å². The van der Waals surface area contributed by atoms with Crippen molar-refractivity contribution in [3.63, 3.8) is 0 Å². The summed E-state index contributed by atoms with van der Waals surface area (Å²) in [6.45, 7) is 6.40. The minimum absolute atomic E-state index is 0.0214. The minimum atomic E-state index is -0.477. The van der Waals surface area contributed by atoms with Crippen molar-refractivity contribution in [1.82, 2.24) is 15.2 Å². The lowest BCUT2D eigenvalue weighted by atomic mass is 9.90. The van der Waals surface area contributed by atoms with Gasteiger partial charge in [0.2, 0.25) is 11.8 Å². The van der Waals surface area contributed by atoms with Crippen molar-refractivity contribution in [3.8, 4) is 0 Å². The summed E-state index contributed by atoms with van der Waals surface area (Å²) in [5, 5.41) is 5.59. The minimum Gasteiger partial charge on any atom is -0.348 e. The van der Waals surface area contributed by atoms with E-state index in [-0.39, 0.29) is 23.8 Å². The normalized spacial score (nSPS) is 17.3. The number of anilines is 1. The molecular formula is C18H27N5O3. The van der Waals surface area contributed by atoms with Crippen molar-refractivity contribution in [3.05, 3.63) is 24.0 Å². The molecule has 0 radical (unpaired) electrons. The molecule has 0 spiro atoms. The molecule has 1 aliphatic rings. The number of nitrogens with one attached hydrogen (secondary N) is 2. The summed E-state index contributed by atoms with van der Waals surface area (Å²) in [5.74, 6) is -0.161. The van der Waals surface area contributed by atoms with E-state index in [2.05, 4.69) is 15.6 Å². The zero-order chi connectivity index (χ0) is 19.3. The summed E-state index contributed by atoms with van der Waals surface area (Å²) in [5.41, 5.74) is 6.50. The Hall–Kier alpha value is -2.48. The van der Waals surface area contributed by atoms with E-state index in [0.717, 1.165) is 12.8 Å². The van der Waals surface area contributed by atoms with Crippen LogP contribution in [0.25, 0.3) is 0 Å². The van der Waals surface area contributed by atoms with Crippen molar-refractivity contribution >= 4 is 23.4 Å². The third kappa shape index (κ3) is 5.26. The number of piperidine rings is 1. The predicted octanol–water partition coefficient (Wildman–Crippen LogP) is 0.744. The summed E-state index contributed by atoms with van der Waals surface area (Å²) < 4.78 is 0. The lowest BCUT2D eigenvalue weighted by molar-refractivity contribution is -0.133. The number of hydrogen-bond donors (Lipinski definition) is 3. The van der Waals surface area contributed by atoms with Crippen LogP contribution in [-0.2, 0) is 9.59 Å².